The van der Waals surface area contributed by atoms with Gasteiger partial charge >= 0.3 is 11.7 Å². The number of amides is 1. The first kappa shape index (κ1) is 16.2. The van der Waals surface area contributed by atoms with E-state index in [4.69, 9.17) is 0 Å². The van der Waals surface area contributed by atoms with Crippen molar-refractivity contribution in [1.29, 1.82) is 0 Å². The van der Waals surface area contributed by atoms with Crippen LogP contribution in [0.2, 0.25) is 0 Å². The maximum absolute atomic E-state index is 11.7. The molecule has 0 spiro atoms. The number of piperidine rings is 1. The highest BCUT2D eigenvalue weighted by Gasteiger charge is 2.72. The second kappa shape index (κ2) is 6.07. The fraction of sp³-hybridized carbons (Fsp3) is 0.875. The Labute approximate surface area is 120 Å². The molecular weight excluding hydrogens is 344 g/mol. The van der Waals surface area contributed by atoms with Crippen LogP contribution in [-0.2, 0) is 4.79 Å². The average molecular weight is 355 g/mol. The molecule has 1 heterocycles. The van der Waals surface area contributed by atoms with E-state index < -0.39 is 45.3 Å². The minimum absolute atomic E-state index is 0.0639. The fourth-order valence-electron chi connectivity index (χ4n) is 2.11. The van der Waals surface area contributed by atoms with Crippen LogP contribution >= 0.6 is 15.9 Å². The van der Waals surface area contributed by atoms with Gasteiger partial charge < -0.3 is 4.90 Å². The minimum Gasteiger partial charge on any atom is -0.335 e. The number of alkyl halides is 1. The Morgan fingerprint density at radius 1 is 1.25 bits per heavy atom. The molecule has 1 saturated heterocycles. The van der Waals surface area contributed by atoms with Crippen molar-refractivity contribution in [2.75, 3.05) is 18.4 Å². The first-order valence-corrected chi connectivity index (χ1v) is 6.65. The molecule has 0 aliphatic carbocycles. The molecule has 1 fully saturated rings. The molecule has 0 saturated carbocycles. The second-order valence-electron chi connectivity index (χ2n) is 4.22. The zero-order valence-corrected chi connectivity index (χ0v) is 11.7. The Hall–Kier alpha value is -1.85. The molecule has 20 heavy (non-hydrogen) atoms. The Balaban J connectivity index is 3.09. The van der Waals surface area contributed by atoms with Gasteiger partial charge in [-0.15, -0.1) is 0 Å². The smallest absolute Gasteiger partial charge is 0.335 e. The summed E-state index contributed by atoms with van der Waals surface area (Å²) >= 11 is 3.03. The summed E-state index contributed by atoms with van der Waals surface area (Å²) in [6.07, 6.45) is -0.624. The van der Waals surface area contributed by atoms with Crippen molar-refractivity contribution in [2.24, 2.45) is 0 Å². The minimum atomic E-state index is -2.88. The largest absolute Gasteiger partial charge is 0.525 e. The van der Waals surface area contributed by atoms with E-state index in [9.17, 15) is 35.1 Å². The standard InChI is InChI=1S/C8H11BrN4O7/c9-3-1-7(14)10-4-2-8(12(17)18,13(19)20)6(5-10)11(15)16/h6H,1-5H2. The summed E-state index contributed by atoms with van der Waals surface area (Å²) < 4.78 is 0. The van der Waals surface area contributed by atoms with E-state index in [0.717, 1.165) is 4.90 Å². The number of likely N-dealkylation sites (tertiary alicyclic amines) is 1. The van der Waals surface area contributed by atoms with Crippen molar-refractivity contribution in [1.82, 2.24) is 4.90 Å². The number of nitro groups is 3. The molecule has 1 amide bonds. The summed E-state index contributed by atoms with van der Waals surface area (Å²) in [5, 5.41) is 33.3. The van der Waals surface area contributed by atoms with Crippen LogP contribution in [-0.4, -0.2) is 55.7 Å². The summed E-state index contributed by atoms with van der Waals surface area (Å²) in [5.74, 6) is -0.436. The molecule has 1 atom stereocenters. The quantitative estimate of drug-likeness (QED) is 0.289. The second-order valence-corrected chi connectivity index (χ2v) is 5.02. The van der Waals surface area contributed by atoms with Crippen molar-refractivity contribution in [3.8, 4) is 0 Å². The molecule has 0 radical (unpaired) electrons. The summed E-state index contributed by atoms with van der Waals surface area (Å²) in [6.45, 7) is -0.890. The molecule has 0 aromatic carbocycles. The summed E-state index contributed by atoms with van der Waals surface area (Å²) in [4.78, 5) is 42.1. The van der Waals surface area contributed by atoms with Gasteiger partial charge in [0.1, 0.15) is 22.8 Å². The van der Waals surface area contributed by atoms with E-state index in [1.54, 1.807) is 0 Å². The monoisotopic (exact) mass is 354 g/mol. The highest BCUT2D eigenvalue weighted by molar-refractivity contribution is 9.09. The number of carbonyl (C=O) groups excluding carboxylic acids is 1. The molecule has 1 unspecified atom stereocenters. The number of rotatable bonds is 5. The van der Waals surface area contributed by atoms with Crippen LogP contribution in [0.15, 0.2) is 0 Å². The topological polar surface area (TPSA) is 150 Å². The van der Waals surface area contributed by atoms with Crippen molar-refractivity contribution in [3.63, 3.8) is 0 Å². The first-order valence-electron chi connectivity index (χ1n) is 5.53. The average Bonchev–Trinajstić information content (AvgIpc) is 2.37. The van der Waals surface area contributed by atoms with E-state index in [-0.39, 0.29) is 13.0 Å². The molecule has 12 heteroatoms. The van der Waals surface area contributed by atoms with Crippen LogP contribution in [0.5, 0.6) is 0 Å². The third-order valence-electron chi connectivity index (χ3n) is 3.22. The summed E-state index contributed by atoms with van der Waals surface area (Å²) in [7, 11) is 0. The maximum Gasteiger partial charge on any atom is 0.525 e. The predicted octanol–water partition coefficient (Wildman–Crippen LogP) is -0.101. The van der Waals surface area contributed by atoms with E-state index in [1.165, 1.54) is 0 Å². The molecule has 1 rings (SSSR count). The van der Waals surface area contributed by atoms with Crippen molar-refractivity contribution >= 4 is 21.8 Å². The number of nitrogens with zero attached hydrogens (tertiary/aromatic N) is 4. The van der Waals surface area contributed by atoms with E-state index in [0.29, 0.717) is 5.33 Å². The SMILES string of the molecule is O=C(CCBr)N1CCC([N+](=O)[O-])([N+](=O)[O-])C([N+](=O)[O-])C1. The van der Waals surface area contributed by atoms with Crippen molar-refractivity contribution in [3.05, 3.63) is 30.3 Å². The Morgan fingerprint density at radius 2 is 1.80 bits per heavy atom. The molecule has 0 bridgehead atoms. The van der Waals surface area contributed by atoms with Gasteiger partial charge in [0, 0.05) is 23.2 Å². The van der Waals surface area contributed by atoms with Gasteiger partial charge in [-0.05, 0) is 0 Å². The van der Waals surface area contributed by atoms with E-state index in [1.807, 2.05) is 0 Å². The number of halogens is 1. The Bertz CT molecular complexity index is 442. The van der Waals surface area contributed by atoms with Gasteiger partial charge in [-0.1, -0.05) is 15.9 Å². The van der Waals surface area contributed by atoms with Gasteiger partial charge in [-0.2, -0.15) is 0 Å². The van der Waals surface area contributed by atoms with Crippen LogP contribution in [0, 0.1) is 30.3 Å². The fourth-order valence-corrected chi connectivity index (χ4v) is 2.45. The molecule has 1 aliphatic rings. The lowest BCUT2D eigenvalue weighted by atomic mass is 9.92. The van der Waals surface area contributed by atoms with Crippen LogP contribution in [0.3, 0.4) is 0 Å². The molecule has 0 aromatic rings. The molecule has 1 aliphatic heterocycles. The van der Waals surface area contributed by atoms with Crippen LogP contribution in [0.4, 0.5) is 0 Å². The number of carbonyl (C=O) groups is 1. The number of hydrogen-bond acceptors (Lipinski definition) is 7. The van der Waals surface area contributed by atoms with E-state index >= 15 is 0 Å². The highest BCUT2D eigenvalue weighted by Crippen LogP contribution is 2.29. The maximum atomic E-state index is 11.7. The van der Waals surface area contributed by atoms with Gasteiger partial charge in [-0.3, -0.25) is 35.1 Å². The van der Waals surface area contributed by atoms with Gasteiger partial charge in [0.2, 0.25) is 5.91 Å². The molecule has 0 aromatic heterocycles. The van der Waals surface area contributed by atoms with Crippen molar-refractivity contribution in [2.45, 2.75) is 24.5 Å². The van der Waals surface area contributed by atoms with Crippen molar-refractivity contribution < 1.29 is 19.6 Å². The van der Waals surface area contributed by atoms with E-state index in [2.05, 4.69) is 15.9 Å². The third-order valence-corrected chi connectivity index (χ3v) is 3.62. The van der Waals surface area contributed by atoms with Gasteiger partial charge in [0.25, 0.3) is 0 Å². The predicted molar refractivity (Wildman–Crippen MR) is 67.1 cm³/mol. The normalized spacial score (nSPS) is 21.2. The molecular formula is C8H11BrN4O7. The van der Waals surface area contributed by atoms with Gasteiger partial charge in [0.15, 0.2) is 0 Å². The lowest BCUT2D eigenvalue weighted by Crippen LogP contribution is -2.67. The first-order chi connectivity index (χ1) is 9.27. The lowest BCUT2D eigenvalue weighted by molar-refractivity contribution is -0.837. The lowest BCUT2D eigenvalue weighted by Gasteiger charge is -2.32. The summed E-state index contributed by atoms with van der Waals surface area (Å²) in [5.41, 5.74) is -2.88. The highest BCUT2D eigenvalue weighted by atomic mass is 79.9. The third kappa shape index (κ3) is 2.69. The molecule has 112 valence electrons. The van der Waals surface area contributed by atoms with Crippen LogP contribution in [0.25, 0.3) is 0 Å². The molecule has 11 nitrogen and oxygen atoms in total. The molecule has 0 N–H and O–H groups in total. The zero-order chi connectivity index (χ0) is 15.5. The number of hydrogen-bond donors (Lipinski definition) is 0. The van der Waals surface area contributed by atoms with Gasteiger partial charge in [0.05, 0.1) is 0 Å². The summed E-state index contributed by atoms with van der Waals surface area (Å²) in [6, 6.07) is -2.07. The Morgan fingerprint density at radius 3 is 2.20 bits per heavy atom. The Kier molecular flexibility index (Phi) is 4.92. The van der Waals surface area contributed by atoms with Crippen LogP contribution < -0.4 is 0 Å². The zero-order valence-electron chi connectivity index (χ0n) is 10.1. The van der Waals surface area contributed by atoms with Gasteiger partial charge in [-0.25, -0.2) is 0 Å². The van der Waals surface area contributed by atoms with Crippen LogP contribution in [0.1, 0.15) is 12.8 Å².